The van der Waals surface area contributed by atoms with Crippen molar-refractivity contribution in [1.29, 1.82) is 0 Å². The topological polar surface area (TPSA) is 53.0 Å². The van der Waals surface area contributed by atoms with Crippen LogP contribution in [0.15, 0.2) is 30.3 Å². The summed E-state index contributed by atoms with van der Waals surface area (Å²) in [5.74, 6) is -0.431. The lowest BCUT2D eigenvalue weighted by molar-refractivity contribution is -0.149. The van der Waals surface area contributed by atoms with Crippen molar-refractivity contribution in [2.45, 2.75) is 25.2 Å². The second-order valence-corrected chi connectivity index (χ2v) is 5.78. The second kappa shape index (κ2) is 7.54. The minimum Gasteiger partial charge on any atom is -0.440 e. The maximum Gasteiger partial charge on any atom is 0.339 e. The standard InChI is InChI=1S/C16H26N2O3/c1-6-16(20,12-17(2)3)15(18(4)5)21-14(19)13-10-8-7-9-11-13/h7-11,15,20H,6,12H2,1-5H3. The van der Waals surface area contributed by atoms with E-state index in [4.69, 9.17) is 4.74 Å². The van der Waals surface area contributed by atoms with Gasteiger partial charge < -0.3 is 14.7 Å². The molecule has 5 heteroatoms. The maximum absolute atomic E-state index is 12.2. The average Bonchev–Trinajstić information content (AvgIpc) is 2.44. The minimum atomic E-state index is -1.13. The number of carbonyl (C=O) groups is 1. The number of benzene rings is 1. The molecule has 1 rings (SSSR count). The zero-order valence-electron chi connectivity index (χ0n) is 13.5. The Bertz CT molecular complexity index is 448. The quantitative estimate of drug-likeness (QED) is 0.609. The van der Waals surface area contributed by atoms with Crippen molar-refractivity contribution in [3.63, 3.8) is 0 Å². The second-order valence-electron chi connectivity index (χ2n) is 5.78. The van der Waals surface area contributed by atoms with Crippen LogP contribution in [-0.4, -0.2) is 67.4 Å². The van der Waals surface area contributed by atoms with Gasteiger partial charge in [0.25, 0.3) is 0 Å². The van der Waals surface area contributed by atoms with Gasteiger partial charge in [-0.25, -0.2) is 4.79 Å². The van der Waals surface area contributed by atoms with Gasteiger partial charge in [0.2, 0.25) is 0 Å². The number of hydrogen-bond acceptors (Lipinski definition) is 5. The first-order valence-corrected chi connectivity index (χ1v) is 7.09. The van der Waals surface area contributed by atoms with Gasteiger partial charge in [-0.15, -0.1) is 0 Å². The number of carbonyl (C=O) groups excluding carboxylic acids is 1. The van der Waals surface area contributed by atoms with E-state index in [-0.39, 0.29) is 0 Å². The Labute approximate surface area is 127 Å². The first kappa shape index (κ1) is 17.6. The third-order valence-corrected chi connectivity index (χ3v) is 3.36. The minimum absolute atomic E-state index is 0.411. The molecule has 0 aliphatic carbocycles. The number of likely N-dealkylation sites (N-methyl/N-ethyl adjacent to an activating group) is 2. The van der Waals surface area contributed by atoms with Gasteiger partial charge in [0.1, 0.15) is 5.60 Å². The molecule has 2 unspecified atom stereocenters. The molecule has 118 valence electrons. The molecule has 0 radical (unpaired) electrons. The Morgan fingerprint density at radius 2 is 1.81 bits per heavy atom. The van der Waals surface area contributed by atoms with Crippen molar-refractivity contribution < 1.29 is 14.6 Å². The Morgan fingerprint density at radius 3 is 2.24 bits per heavy atom. The van der Waals surface area contributed by atoms with Crippen LogP contribution >= 0.6 is 0 Å². The van der Waals surface area contributed by atoms with Gasteiger partial charge in [0.05, 0.1) is 5.56 Å². The number of hydrogen-bond donors (Lipinski definition) is 1. The van der Waals surface area contributed by atoms with E-state index in [1.165, 1.54) is 0 Å². The third-order valence-electron chi connectivity index (χ3n) is 3.36. The van der Waals surface area contributed by atoms with Crippen molar-refractivity contribution in [1.82, 2.24) is 9.80 Å². The number of ether oxygens (including phenoxy) is 1. The van der Waals surface area contributed by atoms with Crippen LogP contribution in [0.5, 0.6) is 0 Å². The molecule has 1 aromatic carbocycles. The summed E-state index contributed by atoms with van der Waals surface area (Å²) >= 11 is 0. The lowest BCUT2D eigenvalue weighted by Gasteiger charge is -2.40. The van der Waals surface area contributed by atoms with Crippen molar-refractivity contribution in [3.8, 4) is 0 Å². The van der Waals surface area contributed by atoms with Crippen LogP contribution in [0.3, 0.4) is 0 Å². The highest BCUT2D eigenvalue weighted by Crippen LogP contribution is 2.22. The van der Waals surface area contributed by atoms with Crippen molar-refractivity contribution in [3.05, 3.63) is 35.9 Å². The molecule has 0 amide bonds. The fourth-order valence-corrected chi connectivity index (χ4v) is 2.35. The number of esters is 1. The third kappa shape index (κ3) is 4.81. The van der Waals surface area contributed by atoms with Crippen LogP contribution in [0, 0.1) is 0 Å². The van der Waals surface area contributed by atoms with Gasteiger partial charge in [-0.1, -0.05) is 25.1 Å². The summed E-state index contributed by atoms with van der Waals surface area (Å²) in [5, 5.41) is 10.9. The van der Waals surface area contributed by atoms with Gasteiger partial charge >= 0.3 is 5.97 Å². The van der Waals surface area contributed by atoms with Crippen LogP contribution in [0.4, 0.5) is 0 Å². The molecule has 21 heavy (non-hydrogen) atoms. The first-order chi connectivity index (χ1) is 9.80. The molecule has 0 fully saturated rings. The molecule has 0 bridgehead atoms. The molecule has 0 saturated carbocycles. The van der Waals surface area contributed by atoms with E-state index < -0.39 is 17.8 Å². The predicted molar refractivity (Wildman–Crippen MR) is 83.1 cm³/mol. The summed E-state index contributed by atoms with van der Waals surface area (Å²) in [5.41, 5.74) is -0.648. The van der Waals surface area contributed by atoms with Crippen molar-refractivity contribution in [2.24, 2.45) is 0 Å². The number of rotatable bonds is 7. The van der Waals surface area contributed by atoms with Crippen LogP contribution in [0.1, 0.15) is 23.7 Å². The van der Waals surface area contributed by atoms with Gasteiger partial charge in [-0.2, -0.15) is 0 Å². The summed E-state index contributed by atoms with van der Waals surface area (Å²) in [4.78, 5) is 15.8. The van der Waals surface area contributed by atoms with E-state index >= 15 is 0 Å². The molecular formula is C16H26N2O3. The van der Waals surface area contributed by atoms with E-state index in [9.17, 15) is 9.90 Å². The number of nitrogens with zero attached hydrogens (tertiary/aromatic N) is 2. The lowest BCUT2D eigenvalue weighted by Crippen LogP contribution is -2.57. The molecule has 0 aromatic heterocycles. The summed E-state index contributed by atoms with van der Waals surface area (Å²) < 4.78 is 5.57. The SMILES string of the molecule is CCC(O)(CN(C)C)C(OC(=O)c1ccccc1)N(C)C. The highest BCUT2D eigenvalue weighted by Gasteiger charge is 2.40. The van der Waals surface area contributed by atoms with E-state index in [2.05, 4.69) is 0 Å². The predicted octanol–water partition coefficient (Wildman–Crippen LogP) is 1.43. The molecular weight excluding hydrogens is 268 g/mol. The molecule has 0 spiro atoms. The average molecular weight is 294 g/mol. The van der Waals surface area contributed by atoms with Crippen LogP contribution in [0.25, 0.3) is 0 Å². The molecule has 5 nitrogen and oxygen atoms in total. The zero-order chi connectivity index (χ0) is 16.0. The largest absolute Gasteiger partial charge is 0.440 e. The Morgan fingerprint density at radius 1 is 1.24 bits per heavy atom. The van der Waals surface area contributed by atoms with Gasteiger partial charge in [0, 0.05) is 6.54 Å². The van der Waals surface area contributed by atoms with E-state index in [0.29, 0.717) is 18.5 Å². The summed E-state index contributed by atoms with van der Waals surface area (Å²) in [6.07, 6.45) is -0.228. The van der Waals surface area contributed by atoms with Gasteiger partial charge in [0.15, 0.2) is 6.23 Å². The molecule has 1 N–H and O–H groups in total. The summed E-state index contributed by atoms with van der Waals surface area (Å²) in [7, 11) is 7.34. The Balaban J connectivity index is 2.94. The smallest absolute Gasteiger partial charge is 0.339 e. The number of aliphatic hydroxyl groups is 1. The van der Waals surface area contributed by atoms with Crippen LogP contribution < -0.4 is 0 Å². The fraction of sp³-hybridized carbons (Fsp3) is 0.562. The summed E-state index contributed by atoms with van der Waals surface area (Å²) in [6, 6.07) is 8.81. The normalized spacial score (nSPS) is 15.8. The van der Waals surface area contributed by atoms with E-state index in [1.54, 1.807) is 43.3 Å². The maximum atomic E-state index is 12.2. The zero-order valence-corrected chi connectivity index (χ0v) is 13.5. The fourth-order valence-electron chi connectivity index (χ4n) is 2.35. The van der Waals surface area contributed by atoms with Gasteiger partial charge in [-0.3, -0.25) is 4.90 Å². The highest BCUT2D eigenvalue weighted by molar-refractivity contribution is 5.89. The van der Waals surface area contributed by atoms with Crippen LogP contribution in [0.2, 0.25) is 0 Å². The molecule has 0 heterocycles. The monoisotopic (exact) mass is 294 g/mol. The van der Waals surface area contributed by atoms with Crippen LogP contribution in [-0.2, 0) is 4.74 Å². The Kier molecular flexibility index (Phi) is 6.33. The highest BCUT2D eigenvalue weighted by atomic mass is 16.6. The van der Waals surface area contributed by atoms with E-state index in [0.717, 1.165) is 0 Å². The van der Waals surface area contributed by atoms with Crippen molar-refractivity contribution >= 4 is 5.97 Å². The molecule has 2 atom stereocenters. The van der Waals surface area contributed by atoms with Gasteiger partial charge in [-0.05, 0) is 46.7 Å². The molecule has 0 aliphatic heterocycles. The molecule has 1 aromatic rings. The van der Waals surface area contributed by atoms with Crippen molar-refractivity contribution in [2.75, 3.05) is 34.7 Å². The summed E-state index contributed by atoms with van der Waals surface area (Å²) in [6.45, 7) is 2.30. The molecule has 0 saturated heterocycles. The molecule has 0 aliphatic rings. The Hall–Kier alpha value is -1.43. The first-order valence-electron chi connectivity index (χ1n) is 7.09. The lowest BCUT2D eigenvalue weighted by atomic mass is 9.97. The van der Waals surface area contributed by atoms with E-state index in [1.807, 2.05) is 32.0 Å².